The Labute approximate surface area is 178 Å². The molecule has 0 unspecified atom stereocenters. The number of nitrogens with zero attached hydrogens (tertiary/aromatic N) is 3. The molecule has 0 amide bonds. The normalized spacial score (nSPS) is 15.7. The van der Waals surface area contributed by atoms with E-state index in [2.05, 4.69) is 9.98 Å². The minimum Gasteiger partial charge on any atom is -0.391 e. The number of halogens is 6. The molecule has 1 N–H and O–H groups in total. The van der Waals surface area contributed by atoms with Gasteiger partial charge in [0, 0.05) is 0 Å². The smallest absolute Gasteiger partial charge is 0.391 e. The monoisotopic (exact) mass is 454 g/mol. The van der Waals surface area contributed by atoms with E-state index in [9.17, 15) is 27.1 Å². The number of alkyl halides is 3. The summed E-state index contributed by atoms with van der Waals surface area (Å²) in [7, 11) is 0. The second-order valence-corrected chi connectivity index (χ2v) is 7.30. The summed E-state index contributed by atoms with van der Waals surface area (Å²) in [5.41, 5.74) is -1.92. The van der Waals surface area contributed by atoms with Crippen molar-refractivity contribution < 1.29 is 31.6 Å². The van der Waals surface area contributed by atoms with E-state index in [4.69, 9.17) is 11.6 Å². The van der Waals surface area contributed by atoms with Crippen LogP contribution in [0, 0.1) is 11.6 Å². The number of rotatable bonds is 2. The third-order valence-electron chi connectivity index (χ3n) is 4.90. The molecule has 4 nitrogen and oxygen atoms in total. The van der Waals surface area contributed by atoms with Crippen molar-refractivity contribution in [3.05, 3.63) is 87.5 Å². The lowest BCUT2D eigenvalue weighted by molar-refractivity contribution is -0.610. The number of aliphatic imine (C=N–C) groups is 1. The molecule has 4 rings (SSSR count). The van der Waals surface area contributed by atoms with Crippen LogP contribution in [0.5, 0.6) is 0 Å². The van der Waals surface area contributed by atoms with Gasteiger partial charge in [0.1, 0.15) is 29.7 Å². The Hall–Kier alpha value is -2.91. The lowest BCUT2D eigenvalue weighted by Crippen LogP contribution is -2.39. The van der Waals surface area contributed by atoms with E-state index in [1.165, 1.54) is 17.0 Å². The molecular weight excluding hydrogens is 441 g/mol. The molecule has 10 heteroatoms. The average Bonchev–Trinajstić information content (AvgIpc) is 2.82. The van der Waals surface area contributed by atoms with Gasteiger partial charge in [0.2, 0.25) is 0 Å². The van der Waals surface area contributed by atoms with Crippen molar-refractivity contribution in [1.29, 1.82) is 0 Å². The number of aliphatic hydroxyl groups excluding tert-OH is 1. The van der Waals surface area contributed by atoms with Crippen LogP contribution in [-0.2, 0) is 12.8 Å². The van der Waals surface area contributed by atoms with Crippen molar-refractivity contribution in [3.63, 3.8) is 0 Å². The van der Waals surface area contributed by atoms with Crippen LogP contribution in [0.4, 0.5) is 22.0 Å². The molecule has 2 aromatic carbocycles. The Morgan fingerprint density at radius 1 is 1.10 bits per heavy atom. The Bertz CT molecular complexity index is 1210. The number of aliphatic hydroxyl groups is 1. The van der Waals surface area contributed by atoms with Crippen molar-refractivity contribution in [1.82, 2.24) is 4.98 Å². The van der Waals surface area contributed by atoms with Crippen molar-refractivity contribution in [2.75, 3.05) is 0 Å². The Kier molecular flexibility index (Phi) is 5.26. The number of hydrogen-bond acceptors (Lipinski definition) is 3. The molecule has 0 saturated heterocycles. The summed E-state index contributed by atoms with van der Waals surface area (Å²) in [5.74, 6) is -1.70. The fourth-order valence-corrected chi connectivity index (χ4v) is 3.86. The zero-order chi connectivity index (χ0) is 22.5. The van der Waals surface area contributed by atoms with Gasteiger partial charge in [-0.1, -0.05) is 22.7 Å². The summed E-state index contributed by atoms with van der Waals surface area (Å²) in [6.45, 7) is 1.21. The van der Waals surface area contributed by atoms with Gasteiger partial charge in [-0.3, -0.25) is 4.99 Å². The third-order valence-corrected chi connectivity index (χ3v) is 5.30. The lowest BCUT2D eigenvalue weighted by atomic mass is 9.97. The highest BCUT2D eigenvalue weighted by atomic mass is 35.5. The van der Waals surface area contributed by atoms with Gasteiger partial charge >= 0.3 is 12.0 Å². The van der Waals surface area contributed by atoms with Crippen LogP contribution in [0.1, 0.15) is 41.0 Å². The number of aromatic nitrogens is 2. The molecule has 1 aromatic heterocycles. The topological polar surface area (TPSA) is 49.4 Å². The molecule has 0 spiro atoms. The number of hydrogen-bond donors (Lipinski definition) is 1. The van der Waals surface area contributed by atoms with E-state index >= 15 is 0 Å². The van der Waals surface area contributed by atoms with Crippen molar-refractivity contribution >= 4 is 17.3 Å². The molecule has 2 heterocycles. The van der Waals surface area contributed by atoms with Crippen LogP contribution in [0.3, 0.4) is 0 Å². The molecule has 0 aliphatic carbocycles. The van der Waals surface area contributed by atoms with E-state index in [0.29, 0.717) is 11.4 Å². The van der Waals surface area contributed by atoms with Gasteiger partial charge in [-0.05, 0) is 31.2 Å². The van der Waals surface area contributed by atoms with Crippen LogP contribution < -0.4 is 4.57 Å². The first-order valence-electron chi connectivity index (χ1n) is 9.07. The Morgan fingerprint density at radius 3 is 2.39 bits per heavy atom. The zero-order valence-corrected chi connectivity index (χ0v) is 16.6. The van der Waals surface area contributed by atoms with E-state index in [0.717, 1.165) is 30.3 Å². The Morgan fingerprint density at radius 2 is 1.77 bits per heavy atom. The molecule has 31 heavy (non-hydrogen) atoms. The van der Waals surface area contributed by atoms with E-state index < -0.39 is 40.0 Å². The van der Waals surface area contributed by atoms with Crippen molar-refractivity contribution in [2.24, 2.45) is 4.99 Å². The summed E-state index contributed by atoms with van der Waals surface area (Å²) in [6.07, 6.45) is -1.95. The average molecular weight is 455 g/mol. The van der Waals surface area contributed by atoms with Crippen LogP contribution in [0.15, 0.2) is 47.7 Å². The molecule has 160 valence electrons. The lowest BCUT2D eigenvalue weighted by Gasteiger charge is -2.16. The maximum Gasteiger partial charge on any atom is 0.417 e. The molecule has 0 radical (unpaired) electrons. The first-order chi connectivity index (χ1) is 14.6. The summed E-state index contributed by atoms with van der Waals surface area (Å²) in [6, 6.07) is 4.25. The molecule has 1 aliphatic heterocycles. The van der Waals surface area contributed by atoms with Gasteiger partial charge in [-0.15, -0.1) is 0 Å². The van der Waals surface area contributed by atoms with Crippen LogP contribution in [0.2, 0.25) is 5.02 Å². The third kappa shape index (κ3) is 3.57. The summed E-state index contributed by atoms with van der Waals surface area (Å²) in [5, 5.41) is 8.73. The minimum atomic E-state index is -4.80. The molecule has 0 saturated carbocycles. The maximum atomic E-state index is 14.7. The van der Waals surface area contributed by atoms with Crippen molar-refractivity contribution in [3.8, 4) is 5.69 Å². The van der Waals surface area contributed by atoms with Gasteiger partial charge in [-0.25, -0.2) is 8.78 Å². The van der Waals surface area contributed by atoms with Gasteiger partial charge in [0.25, 0.3) is 0 Å². The first kappa shape index (κ1) is 21.3. The van der Waals surface area contributed by atoms with Crippen LogP contribution in [-0.4, -0.2) is 15.8 Å². The highest BCUT2D eigenvalue weighted by Gasteiger charge is 2.39. The molecular formula is C21H14ClF5N3O+. The van der Waals surface area contributed by atoms with Gasteiger partial charge < -0.3 is 5.11 Å². The summed E-state index contributed by atoms with van der Waals surface area (Å²) < 4.78 is 71.5. The van der Waals surface area contributed by atoms with Crippen molar-refractivity contribution in [2.45, 2.75) is 25.7 Å². The fourth-order valence-electron chi connectivity index (χ4n) is 3.50. The quantitative estimate of drug-likeness (QED) is 0.450. The standard InChI is InChI=1S/C21H14ClF5N3O/c1-10-20-28-7-11(9-31)8-30(20)15-6-5-12(21(25,26)27)18(22)17(15)19(29-10)16-13(23)3-2-4-14(16)24/h2-8,10,31H,9H2,1H3/q+1/t10-/m0/s1. The number of fused-ring (bicyclic) bond motifs is 3. The molecule has 3 aromatic rings. The predicted molar refractivity (Wildman–Crippen MR) is 102 cm³/mol. The first-order valence-corrected chi connectivity index (χ1v) is 9.45. The predicted octanol–water partition coefficient (Wildman–Crippen LogP) is 4.71. The highest BCUT2D eigenvalue weighted by molar-refractivity contribution is 6.37. The summed E-state index contributed by atoms with van der Waals surface area (Å²) in [4.78, 5) is 8.58. The van der Waals surface area contributed by atoms with E-state index in [1.54, 1.807) is 6.92 Å². The molecule has 1 aliphatic rings. The largest absolute Gasteiger partial charge is 0.417 e. The number of benzene rings is 2. The molecule has 0 bridgehead atoms. The van der Waals surface area contributed by atoms with Crippen LogP contribution >= 0.6 is 11.6 Å². The van der Waals surface area contributed by atoms with E-state index in [1.807, 2.05) is 0 Å². The van der Waals surface area contributed by atoms with E-state index in [-0.39, 0.29) is 23.6 Å². The fraction of sp³-hybridized carbons (Fsp3) is 0.190. The molecule has 0 fully saturated rings. The van der Waals surface area contributed by atoms with Gasteiger partial charge in [-0.2, -0.15) is 17.7 Å². The van der Waals surface area contributed by atoms with Gasteiger partial charge in [0.05, 0.1) is 39.6 Å². The Balaban J connectivity index is 2.15. The second kappa shape index (κ2) is 7.65. The molecule has 1 atom stereocenters. The van der Waals surface area contributed by atoms with Gasteiger partial charge in [0.15, 0.2) is 6.04 Å². The highest BCUT2D eigenvalue weighted by Crippen LogP contribution is 2.40. The zero-order valence-electron chi connectivity index (χ0n) is 15.9. The maximum absolute atomic E-state index is 14.7. The minimum absolute atomic E-state index is 0.0987. The SMILES string of the molecule is C[C@@H]1N=C(c2c(F)cccc2F)c2c(ccc(C(F)(F)F)c2Cl)-[n+]2cc(CO)cnc21. The summed E-state index contributed by atoms with van der Waals surface area (Å²) >= 11 is 6.19. The second-order valence-electron chi connectivity index (χ2n) is 6.92. The van der Waals surface area contributed by atoms with Crippen LogP contribution in [0.25, 0.3) is 5.69 Å².